The molecule has 2 aromatic heterocycles. The summed E-state index contributed by atoms with van der Waals surface area (Å²) >= 11 is 8.79. The van der Waals surface area contributed by atoms with E-state index in [1.54, 1.807) is 29.8 Å². The smallest absolute Gasteiger partial charge is 0.207 e. The van der Waals surface area contributed by atoms with Crippen molar-refractivity contribution in [3.8, 4) is 0 Å². The second-order valence-electron chi connectivity index (χ2n) is 4.00. The number of thiophene rings is 2. The van der Waals surface area contributed by atoms with E-state index >= 15 is 0 Å². The maximum atomic E-state index is 12.4. The lowest BCUT2D eigenvalue weighted by Crippen LogP contribution is -2.29. The van der Waals surface area contributed by atoms with Crippen LogP contribution in [0.5, 0.6) is 0 Å². The molecule has 104 valence electrons. The van der Waals surface area contributed by atoms with Crippen molar-refractivity contribution in [2.45, 2.75) is 17.2 Å². The van der Waals surface area contributed by atoms with Crippen LogP contribution >= 0.6 is 34.3 Å². The van der Waals surface area contributed by atoms with Gasteiger partial charge < -0.3 is 0 Å². The first-order chi connectivity index (χ1) is 9.05. The Kier molecular flexibility index (Phi) is 5.03. The van der Waals surface area contributed by atoms with E-state index in [1.807, 2.05) is 17.5 Å². The highest BCUT2D eigenvalue weighted by atomic mass is 35.5. The van der Waals surface area contributed by atoms with E-state index in [4.69, 9.17) is 11.6 Å². The molecule has 0 saturated heterocycles. The zero-order chi connectivity index (χ0) is 13.9. The molecule has 0 fully saturated rings. The third kappa shape index (κ3) is 3.38. The van der Waals surface area contributed by atoms with Crippen LogP contribution in [0.2, 0.25) is 0 Å². The van der Waals surface area contributed by atoms with Crippen molar-refractivity contribution in [3.63, 3.8) is 0 Å². The van der Waals surface area contributed by atoms with Gasteiger partial charge in [0, 0.05) is 23.3 Å². The van der Waals surface area contributed by atoms with Gasteiger partial charge in [-0.1, -0.05) is 6.07 Å². The zero-order valence-corrected chi connectivity index (χ0v) is 13.6. The van der Waals surface area contributed by atoms with Gasteiger partial charge >= 0.3 is 0 Å². The van der Waals surface area contributed by atoms with Gasteiger partial charge in [0.25, 0.3) is 0 Å². The average molecular weight is 336 g/mol. The summed E-state index contributed by atoms with van der Waals surface area (Å²) in [6.07, 6.45) is 0.730. The Balaban J connectivity index is 2.11. The summed E-state index contributed by atoms with van der Waals surface area (Å²) < 4.78 is 26.2. The summed E-state index contributed by atoms with van der Waals surface area (Å²) in [5.41, 5.74) is 0. The topological polar surface area (TPSA) is 37.4 Å². The third-order valence-corrected chi connectivity index (χ3v) is 7.12. The van der Waals surface area contributed by atoms with Crippen molar-refractivity contribution in [2.24, 2.45) is 0 Å². The molecule has 0 bridgehead atoms. The fourth-order valence-corrected chi connectivity index (χ4v) is 5.21. The first-order valence-electron chi connectivity index (χ1n) is 5.66. The second kappa shape index (κ2) is 6.37. The number of hydrogen-bond acceptors (Lipinski definition) is 4. The maximum absolute atomic E-state index is 12.4. The number of likely N-dealkylation sites (N-methyl/N-ethyl adjacent to an activating group) is 1. The molecule has 0 unspecified atom stereocenters. The lowest BCUT2D eigenvalue weighted by molar-refractivity contribution is 0.473. The monoisotopic (exact) mass is 335 g/mol. The molecule has 0 saturated carbocycles. The van der Waals surface area contributed by atoms with Gasteiger partial charge in [0.2, 0.25) is 10.0 Å². The van der Waals surface area contributed by atoms with E-state index in [0.717, 1.165) is 6.42 Å². The zero-order valence-electron chi connectivity index (χ0n) is 10.4. The van der Waals surface area contributed by atoms with E-state index in [-0.39, 0.29) is 5.88 Å². The second-order valence-corrected chi connectivity index (χ2v) is 8.31. The summed E-state index contributed by atoms with van der Waals surface area (Å²) in [4.78, 5) is 2.22. The summed E-state index contributed by atoms with van der Waals surface area (Å²) in [6.45, 7) is 0.473. The van der Waals surface area contributed by atoms with Gasteiger partial charge in [0.1, 0.15) is 0 Å². The van der Waals surface area contributed by atoms with E-state index in [2.05, 4.69) is 0 Å². The number of rotatable bonds is 6. The predicted octanol–water partition coefficient (Wildman–Crippen LogP) is 3.41. The molecule has 0 aliphatic heterocycles. The lowest BCUT2D eigenvalue weighted by atomic mass is 10.3. The Labute approximate surface area is 126 Å². The quantitative estimate of drug-likeness (QED) is 0.759. The molecule has 3 nitrogen and oxygen atoms in total. The van der Waals surface area contributed by atoms with E-state index in [9.17, 15) is 8.42 Å². The van der Waals surface area contributed by atoms with Gasteiger partial charge in [-0.05, 0) is 29.3 Å². The molecule has 0 atom stereocenters. The standard InChI is InChI=1S/C12H14ClNO2S3/c1-14(6-4-10-3-2-7-17-10)19(15,16)12-5-8-18-11(12)9-13/h2-3,5,7-8H,4,6,9H2,1H3. The largest absolute Gasteiger partial charge is 0.243 e. The van der Waals surface area contributed by atoms with Crippen molar-refractivity contribution in [1.82, 2.24) is 4.31 Å². The summed E-state index contributed by atoms with van der Waals surface area (Å²) in [5, 5.41) is 3.76. The molecule has 0 N–H and O–H groups in total. The molecule has 0 aliphatic rings. The molecule has 0 aromatic carbocycles. The fourth-order valence-electron chi connectivity index (χ4n) is 1.67. The summed E-state index contributed by atoms with van der Waals surface area (Å²) in [5.74, 6) is 0.227. The van der Waals surface area contributed by atoms with Gasteiger partial charge in [-0.15, -0.1) is 34.3 Å². The first-order valence-corrected chi connectivity index (χ1v) is 9.40. The number of halogens is 1. The van der Waals surface area contributed by atoms with E-state index in [0.29, 0.717) is 16.3 Å². The van der Waals surface area contributed by atoms with Crippen LogP contribution in [0.25, 0.3) is 0 Å². The summed E-state index contributed by atoms with van der Waals surface area (Å²) in [7, 11) is -1.82. The number of alkyl halides is 1. The Bertz CT molecular complexity index is 619. The fraction of sp³-hybridized carbons (Fsp3) is 0.333. The molecular weight excluding hydrogens is 322 g/mol. The Morgan fingerprint density at radius 3 is 2.68 bits per heavy atom. The molecule has 0 aliphatic carbocycles. The Morgan fingerprint density at radius 2 is 2.05 bits per heavy atom. The highest BCUT2D eigenvalue weighted by Gasteiger charge is 2.24. The average Bonchev–Trinajstić information content (AvgIpc) is 3.06. The minimum Gasteiger partial charge on any atom is -0.207 e. The first kappa shape index (κ1) is 15.0. The minimum atomic E-state index is -3.43. The van der Waals surface area contributed by atoms with Gasteiger partial charge in [-0.3, -0.25) is 0 Å². The SMILES string of the molecule is CN(CCc1cccs1)S(=O)(=O)c1ccsc1CCl. The van der Waals surface area contributed by atoms with Crippen LogP contribution in [0.4, 0.5) is 0 Å². The van der Waals surface area contributed by atoms with Gasteiger partial charge in [0.05, 0.1) is 10.8 Å². The van der Waals surface area contributed by atoms with E-state index < -0.39 is 10.0 Å². The minimum absolute atomic E-state index is 0.227. The summed E-state index contributed by atoms with van der Waals surface area (Å²) in [6, 6.07) is 5.61. The highest BCUT2D eigenvalue weighted by molar-refractivity contribution is 7.89. The molecule has 0 amide bonds. The van der Waals surface area contributed by atoms with Crippen LogP contribution in [0.15, 0.2) is 33.9 Å². The Morgan fingerprint density at radius 1 is 1.26 bits per heavy atom. The molecule has 7 heteroatoms. The Hall–Kier alpha value is -0.400. The van der Waals surface area contributed by atoms with Crippen LogP contribution in [-0.4, -0.2) is 26.3 Å². The molecule has 19 heavy (non-hydrogen) atoms. The molecule has 2 heterocycles. The van der Waals surface area contributed by atoms with Crippen LogP contribution in [0.1, 0.15) is 9.75 Å². The van der Waals surface area contributed by atoms with Crippen molar-refractivity contribution >= 4 is 44.3 Å². The van der Waals surface area contributed by atoms with Gasteiger partial charge in [-0.25, -0.2) is 12.7 Å². The van der Waals surface area contributed by atoms with Gasteiger partial charge in [0.15, 0.2) is 0 Å². The highest BCUT2D eigenvalue weighted by Crippen LogP contribution is 2.26. The van der Waals surface area contributed by atoms with Crippen molar-refractivity contribution < 1.29 is 8.42 Å². The van der Waals surface area contributed by atoms with Crippen molar-refractivity contribution in [2.75, 3.05) is 13.6 Å². The third-order valence-electron chi connectivity index (χ3n) is 2.77. The van der Waals surface area contributed by atoms with E-state index in [1.165, 1.54) is 20.5 Å². The van der Waals surface area contributed by atoms with Gasteiger partial charge in [-0.2, -0.15) is 0 Å². The van der Waals surface area contributed by atoms with Crippen LogP contribution in [0, 0.1) is 0 Å². The molecular formula is C12H14ClNO2S3. The lowest BCUT2D eigenvalue weighted by Gasteiger charge is -2.16. The maximum Gasteiger partial charge on any atom is 0.243 e. The van der Waals surface area contributed by atoms with Crippen molar-refractivity contribution in [1.29, 1.82) is 0 Å². The van der Waals surface area contributed by atoms with Crippen LogP contribution in [-0.2, 0) is 22.3 Å². The molecule has 2 aromatic rings. The van der Waals surface area contributed by atoms with Crippen LogP contribution in [0.3, 0.4) is 0 Å². The number of hydrogen-bond donors (Lipinski definition) is 0. The molecule has 2 rings (SSSR count). The molecule has 0 spiro atoms. The molecule has 0 radical (unpaired) electrons. The normalized spacial score (nSPS) is 12.2. The van der Waals surface area contributed by atoms with Crippen LogP contribution < -0.4 is 0 Å². The number of sulfonamides is 1. The van der Waals surface area contributed by atoms with Crippen molar-refractivity contribution in [3.05, 3.63) is 38.7 Å². The predicted molar refractivity (Wildman–Crippen MR) is 81.7 cm³/mol. The number of nitrogens with zero attached hydrogens (tertiary/aromatic N) is 1.